The van der Waals surface area contributed by atoms with Gasteiger partial charge < -0.3 is 5.32 Å². The van der Waals surface area contributed by atoms with E-state index in [1.807, 2.05) is 0 Å². The summed E-state index contributed by atoms with van der Waals surface area (Å²) in [7, 11) is 2.06. The number of hydrogen-bond acceptors (Lipinski definition) is 1. The Morgan fingerprint density at radius 2 is 2.09 bits per heavy atom. The van der Waals surface area contributed by atoms with Crippen LogP contribution >= 0.6 is 0 Å². The minimum atomic E-state index is 0.969. The maximum atomic E-state index is 3.26. The molecule has 0 spiro atoms. The van der Waals surface area contributed by atoms with Crippen molar-refractivity contribution in [3.8, 4) is 0 Å². The smallest absolute Gasteiger partial charge is 0.00208 e. The van der Waals surface area contributed by atoms with Crippen LogP contribution in [0.15, 0.2) is 0 Å². The van der Waals surface area contributed by atoms with E-state index in [9.17, 15) is 0 Å². The van der Waals surface area contributed by atoms with E-state index in [2.05, 4.69) is 26.2 Å². The van der Waals surface area contributed by atoms with Gasteiger partial charge in [-0.15, -0.1) is 0 Å². The summed E-state index contributed by atoms with van der Waals surface area (Å²) in [4.78, 5) is 0. The molecule has 1 nitrogen and oxygen atoms in total. The zero-order chi connectivity index (χ0) is 8.27. The summed E-state index contributed by atoms with van der Waals surface area (Å²) in [6.07, 6.45) is 4.28. The normalized spacial score (nSPS) is 36.8. The Hall–Kier alpha value is -0.0400. The third-order valence-electron chi connectivity index (χ3n) is 3.22. The molecule has 0 bridgehead atoms. The van der Waals surface area contributed by atoms with Gasteiger partial charge in [0, 0.05) is 0 Å². The minimum Gasteiger partial charge on any atom is -0.319 e. The summed E-state index contributed by atoms with van der Waals surface area (Å²) in [5.74, 6) is 2.98. The van der Waals surface area contributed by atoms with Gasteiger partial charge >= 0.3 is 0 Å². The fourth-order valence-corrected chi connectivity index (χ4v) is 2.29. The van der Waals surface area contributed by atoms with Crippen LogP contribution in [0.2, 0.25) is 0 Å². The van der Waals surface area contributed by atoms with Crippen LogP contribution in [0.25, 0.3) is 0 Å². The predicted molar refractivity (Wildman–Crippen MR) is 49.6 cm³/mol. The van der Waals surface area contributed by atoms with Crippen molar-refractivity contribution >= 4 is 0 Å². The van der Waals surface area contributed by atoms with Gasteiger partial charge in [-0.05, 0) is 37.8 Å². The van der Waals surface area contributed by atoms with Crippen molar-refractivity contribution < 1.29 is 0 Å². The zero-order valence-electron chi connectivity index (χ0n) is 8.06. The highest BCUT2D eigenvalue weighted by atomic mass is 14.8. The Labute approximate surface area is 70.6 Å². The first kappa shape index (κ1) is 9.05. The van der Waals surface area contributed by atoms with Crippen molar-refractivity contribution in [1.29, 1.82) is 0 Å². The first-order valence-corrected chi connectivity index (χ1v) is 4.94. The summed E-state index contributed by atoms with van der Waals surface area (Å²) in [6, 6.07) is 0. The van der Waals surface area contributed by atoms with Gasteiger partial charge in [-0.2, -0.15) is 0 Å². The second kappa shape index (κ2) is 4.10. The number of hydrogen-bond donors (Lipinski definition) is 1. The number of rotatable bonds is 4. The zero-order valence-corrected chi connectivity index (χ0v) is 8.06. The van der Waals surface area contributed by atoms with Crippen LogP contribution in [-0.4, -0.2) is 13.6 Å². The van der Waals surface area contributed by atoms with Crippen LogP contribution in [0.1, 0.15) is 33.1 Å². The van der Waals surface area contributed by atoms with E-state index < -0.39 is 0 Å². The number of nitrogens with one attached hydrogen (secondary N) is 1. The van der Waals surface area contributed by atoms with E-state index in [-0.39, 0.29) is 0 Å². The van der Waals surface area contributed by atoms with Crippen LogP contribution in [0, 0.1) is 17.8 Å². The highest BCUT2D eigenvalue weighted by Gasteiger charge is 2.35. The Morgan fingerprint density at radius 1 is 1.36 bits per heavy atom. The van der Waals surface area contributed by atoms with Gasteiger partial charge in [-0.1, -0.05) is 26.7 Å². The monoisotopic (exact) mass is 155 g/mol. The van der Waals surface area contributed by atoms with E-state index in [1.54, 1.807) is 0 Å². The molecular weight excluding hydrogens is 134 g/mol. The molecule has 0 amide bonds. The molecular formula is C10H21N. The second-order valence-electron chi connectivity index (χ2n) is 3.96. The molecule has 3 atom stereocenters. The van der Waals surface area contributed by atoms with Gasteiger partial charge in [-0.25, -0.2) is 0 Å². The van der Waals surface area contributed by atoms with Gasteiger partial charge in [-0.3, -0.25) is 0 Å². The predicted octanol–water partition coefficient (Wildman–Crippen LogP) is 2.28. The van der Waals surface area contributed by atoms with Crippen LogP contribution in [0.4, 0.5) is 0 Å². The maximum absolute atomic E-state index is 3.26. The molecule has 1 rings (SSSR count). The molecule has 11 heavy (non-hydrogen) atoms. The first-order chi connectivity index (χ1) is 5.29. The van der Waals surface area contributed by atoms with Crippen LogP contribution in [0.3, 0.4) is 0 Å². The van der Waals surface area contributed by atoms with Gasteiger partial charge in [0.25, 0.3) is 0 Å². The molecule has 1 aliphatic rings. The van der Waals surface area contributed by atoms with E-state index in [0.29, 0.717) is 0 Å². The summed E-state index contributed by atoms with van der Waals surface area (Å²) in [5.41, 5.74) is 0. The van der Waals surface area contributed by atoms with Gasteiger partial charge in [0.05, 0.1) is 0 Å². The highest BCUT2D eigenvalue weighted by Crippen LogP contribution is 2.42. The Kier molecular flexibility index (Phi) is 3.38. The quantitative estimate of drug-likeness (QED) is 0.656. The van der Waals surface area contributed by atoms with Crippen molar-refractivity contribution in [2.24, 2.45) is 17.8 Å². The summed E-state index contributed by atoms with van der Waals surface area (Å²) < 4.78 is 0. The molecule has 0 aromatic rings. The molecule has 0 aromatic carbocycles. The van der Waals surface area contributed by atoms with E-state index in [4.69, 9.17) is 0 Å². The second-order valence-corrected chi connectivity index (χ2v) is 3.96. The maximum Gasteiger partial charge on any atom is -0.00208 e. The lowest BCUT2D eigenvalue weighted by atomic mass is 9.64. The van der Waals surface area contributed by atoms with Crippen molar-refractivity contribution in [3.05, 3.63) is 0 Å². The van der Waals surface area contributed by atoms with E-state index in [1.165, 1.54) is 25.8 Å². The minimum absolute atomic E-state index is 0.969. The van der Waals surface area contributed by atoms with Gasteiger partial charge in [0.1, 0.15) is 0 Å². The van der Waals surface area contributed by atoms with Gasteiger partial charge in [0.2, 0.25) is 0 Å². The van der Waals surface area contributed by atoms with Crippen LogP contribution in [0.5, 0.6) is 0 Å². The Bertz CT molecular complexity index is 99.4. The SMILES string of the molecule is CCCC1CC(CNC)C1C. The lowest BCUT2D eigenvalue weighted by molar-refractivity contribution is 0.0804. The fraction of sp³-hybridized carbons (Fsp3) is 1.00. The lowest BCUT2D eigenvalue weighted by Crippen LogP contribution is -2.40. The van der Waals surface area contributed by atoms with Crippen molar-refractivity contribution in [1.82, 2.24) is 5.32 Å². The molecule has 1 aliphatic carbocycles. The van der Waals surface area contributed by atoms with Crippen molar-refractivity contribution in [2.75, 3.05) is 13.6 Å². The van der Waals surface area contributed by atoms with Crippen LogP contribution in [-0.2, 0) is 0 Å². The molecule has 3 unspecified atom stereocenters. The topological polar surface area (TPSA) is 12.0 Å². The standard InChI is InChI=1S/C10H21N/c1-4-5-9-6-10(7-11-3)8(9)2/h8-11H,4-7H2,1-3H3. The molecule has 0 aromatic heterocycles. The molecule has 1 saturated carbocycles. The summed E-state index contributed by atoms with van der Waals surface area (Å²) in [6.45, 7) is 5.92. The van der Waals surface area contributed by atoms with Crippen molar-refractivity contribution in [2.45, 2.75) is 33.1 Å². The molecule has 1 heteroatoms. The molecule has 0 saturated heterocycles. The van der Waals surface area contributed by atoms with E-state index >= 15 is 0 Å². The van der Waals surface area contributed by atoms with Crippen LogP contribution < -0.4 is 5.32 Å². The average molecular weight is 155 g/mol. The first-order valence-electron chi connectivity index (χ1n) is 4.94. The highest BCUT2D eigenvalue weighted by molar-refractivity contribution is 4.86. The molecule has 1 N–H and O–H groups in total. The molecule has 1 fully saturated rings. The largest absolute Gasteiger partial charge is 0.319 e. The summed E-state index contributed by atoms with van der Waals surface area (Å²) in [5, 5.41) is 3.26. The third kappa shape index (κ3) is 1.96. The van der Waals surface area contributed by atoms with Gasteiger partial charge in [0.15, 0.2) is 0 Å². The molecule has 0 aliphatic heterocycles. The third-order valence-corrected chi connectivity index (χ3v) is 3.22. The lowest BCUT2D eigenvalue weighted by Gasteiger charge is -2.43. The van der Waals surface area contributed by atoms with Crippen molar-refractivity contribution in [3.63, 3.8) is 0 Å². The fourth-order valence-electron chi connectivity index (χ4n) is 2.29. The van der Waals surface area contributed by atoms with E-state index in [0.717, 1.165) is 17.8 Å². The molecule has 0 heterocycles. The Morgan fingerprint density at radius 3 is 2.55 bits per heavy atom. The summed E-state index contributed by atoms with van der Waals surface area (Å²) >= 11 is 0. The Balaban J connectivity index is 2.15. The molecule has 0 radical (unpaired) electrons. The average Bonchev–Trinajstić information content (AvgIpc) is 2.02. The molecule has 66 valence electrons.